The molecular weight excluding hydrogens is 306 g/mol. The smallest absolute Gasteiger partial charge is 0.360 e. The van der Waals surface area contributed by atoms with E-state index < -0.39 is 10.4 Å². The summed E-state index contributed by atoms with van der Waals surface area (Å²) >= 11 is 0. The minimum absolute atomic E-state index is 0.117. The molecule has 7 heteroatoms. The molecule has 6 nitrogen and oxygen atoms in total. The van der Waals surface area contributed by atoms with Crippen LogP contribution in [0.1, 0.15) is 18.1 Å². The first-order valence-corrected chi connectivity index (χ1v) is 7.90. The number of rotatable bonds is 3. The third kappa shape index (κ3) is 2.81. The predicted octanol–water partition coefficient (Wildman–Crippen LogP) is 2.40. The lowest BCUT2D eigenvalue weighted by atomic mass is 10.0. The molecule has 0 atom stereocenters. The highest BCUT2D eigenvalue weighted by molar-refractivity contribution is 7.81. The predicted molar refractivity (Wildman–Crippen MR) is 81.2 cm³/mol. The zero-order valence-electron chi connectivity index (χ0n) is 11.7. The van der Waals surface area contributed by atoms with Crippen molar-refractivity contribution in [2.24, 2.45) is 0 Å². The Morgan fingerprint density at radius 1 is 1.18 bits per heavy atom. The van der Waals surface area contributed by atoms with E-state index in [0.717, 1.165) is 22.3 Å². The summed E-state index contributed by atoms with van der Waals surface area (Å²) in [4.78, 5) is 11.3. The van der Waals surface area contributed by atoms with Crippen LogP contribution in [0, 0.1) is 0 Å². The fourth-order valence-electron chi connectivity index (χ4n) is 2.63. The summed E-state index contributed by atoms with van der Waals surface area (Å²) in [6.45, 7) is 1.30. The normalized spacial score (nSPS) is 12.5. The van der Waals surface area contributed by atoms with E-state index in [1.54, 1.807) is 6.07 Å². The second-order valence-electron chi connectivity index (χ2n) is 5.03. The summed E-state index contributed by atoms with van der Waals surface area (Å²) in [6.07, 6.45) is 0.685. The molecule has 3 rings (SSSR count). The van der Waals surface area contributed by atoms with Gasteiger partial charge in [-0.25, -0.2) is 0 Å². The van der Waals surface area contributed by atoms with Crippen molar-refractivity contribution >= 4 is 22.0 Å². The van der Waals surface area contributed by atoms with Crippen molar-refractivity contribution in [1.82, 2.24) is 0 Å². The van der Waals surface area contributed by atoms with Gasteiger partial charge < -0.3 is 9.50 Å². The Balaban J connectivity index is 2.14. The summed E-state index contributed by atoms with van der Waals surface area (Å²) < 4.78 is 35.5. The third-order valence-electron chi connectivity index (χ3n) is 3.40. The number of benzene rings is 2. The molecule has 22 heavy (non-hydrogen) atoms. The van der Waals surface area contributed by atoms with E-state index in [-0.39, 0.29) is 17.3 Å². The Morgan fingerprint density at radius 2 is 1.91 bits per heavy atom. The summed E-state index contributed by atoms with van der Waals surface area (Å²) in [6, 6.07) is 10.9. The number of carbonyl (C=O) groups excluding carboxylic acids is 1. The molecule has 0 radical (unpaired) electrons. The highest BCUT2D eigenvalue weighted by atomic mass is 32.3. The summed E-state index contributed by atoms with van der Waals surface area (Å²) in [5, 5.41) is 2.51. The first kappa shape index (κ1) is 14.6. The highest BCUT2D eigenvalue weighted by Gasteiger charge is 2.23. The first-order chi connectivity index (χ1) is 10.3. The van der Waals surface area contributed by atoms with E-state index in [1.807, 2.05) is 24.3 Å². The number of fused-ring (bicyclic) bond motifs is 3. The van der Waals surface area contributed by atoms with E-state index in [9.17, 15) is 13.2 Å². The molecule has 0 aliphatic heterocycles. The molecule has 0 saturated carbocycles. The largest absolute Gasteiger partial charge is 0.446 e. The van der Waals surface area contributed by atoms with E-state index in [2.05, 4.69) is 9.50 Å². The molecular formula is C15H13NO5S. The highest BCUT2D eigenvalue weighted by Crippen LogP contribution is 2.42. The van der Waals surface area contributed by atoms with Gasteiger partial charge in [0.1, 0.15) is 0 Å². The molecule has 0 heterocycles. The second-order valence-corrected chi connectivity index (χ2v) is 6.05. The number of hydrogen-bond acceptors (Lipinski definition) is 4. The van der Waals surface area contributed by atoms with Crippen LogP contribution in [0.5, 0.6) is 5.75 Å². The maximum absolute atomic E-state index is 11.3. The fourth-order valence-corrected chi connectivity index (χ4v) is 3.00. The van der Waals surface area contributed by atoms with E-state index in [0.29, 0.717) is 6.42 Å². The first-order valence-electron chi connectivity index (χ1n) is 6.53. The average molecular weight is 319 g/mol. The SMILES string of the molecule is CC(=O)Nc1cc2c(cc1OS(=O)(=O)O)-c1ccccc1C2. The van der Waals surface area contributed by atoms with Crippen molar-refractivity contribution in [3.05, 3.63) is 47.5 Å². The van der Waals surface area contributed by atoms with Crippen LogP contribution < -0.4 is 9.50 Å². The van der Waals surface area contributed by atoms with Gasteiger partial charge in [0.2, 0.25) is 5.91 Å². The molecule has 1 amide bonds. The van der Waals surface area contributed by atoms with E-state index >= 15 is 0 Å². The molecule has 0 fully saturated rings. The van der Waals surface area contributed by atoms with Gasteiger partial charge in [0.25, 0.3) is 0 Å². The van der Waals surface area contributed by atoms with Crippen molar-refractivity contribution < 1.29 is 21.9 Å². The van der Waals surface area contributed by atoms with Gasteiger partial charge in [-0.1, -0.05) is 24.3 Å². The molecule has 1 aliphatic rings. The summed E-state index contributed by atoms with van der Waals surface area (Å²) in [7, 11) is -4.68. The molecule has 0 bridgehead atoms. The molecule has 1 aliphatic carbocycles. The number of anilines is 1. The molecule has 0 saturated heterocycles. The molecule has 2 aromatic rings. The lowest BCUT2D eigenvalue weighted by Gasteiger charge is -2.12. The number of amides is 1. The van der Waals surface area contributed by atoms with Gasteiger partial charge in [-0.15, -0.1) is 0 Å². The average Bonchev–Trinajstić information content (AvgIpc) is 2.74. The maximum atomic E-state index is 11.3. The minimum atomic E-state index is -4.68. The van der Waals surface area contributed by atoms with Crippen LogP contribution >= 0.6 is 0 Å². The Bertz CT molecular complexity index is 873. The van der Waals surface area contributed by atoms with Crippen molar-refractivity contribution in [2.75, 3.05) is 5.32 Å². The monoisotopic (exact) mass is 319 g/mol. The van der Waals surface area contributed by atoms with E-state index in [4.69, 9.17) is 4.55 Å². The van der Waals surface area contributed by atoms with Gasteiger partial charge in [-0.2, -0.15) is 8.42 Å². The van der Waals surface area contributed by atoms with Gasteiger partial charge in [0.05, 0.1) is 5.69 Å². The van der Waals surface area contributed by atoms with Gasteiger partial charge in [-0.3, -0.25) is 9.35 Å². The summed E-state index contributed by atoms with van der Waals surface area (Å²) in [5.74, 6) is -0.483. The lowest BCUT2D eigenvalue weighted by Crippen LogP contribution is -2.12. The van der Waals surface area contributed by atoms with Gasteiger partial charge in [0.15, 0.2) is 5.75 Å². The number of nitrogens with one attached hydrogen (secondary N) is 1. The van der Waals surface area contributed by atoms with Gasteiger partial charge >= 0.3 is 10.4 Å². The van der Waals surface area contributed by atoms with Crippen LogP contribution in [0.15, 0.2) is 36.4 Å². The van der Waals surface area contributed by atoms with Crippen LogP contribution in [-0.2, 0) is 21.6 Å². The molecule has 0 unspecified atom stereocenters. The molecule has 0 spiro atoms. The Kier molecular flexibility index (Phi) is 3.38. The standard InChI is InChI=1S/C15H13NO5S/c1-9(17)16-14-7-11-6-10-4-2-3-5-12(10)13(11)8-15(14)21-22(18,19)20/h2-5,7-8H,6H2,1H3,(H,16,17)(H,18,19,20). The van der Waals surface area contributed by atoms with E-state index in [1.165, 1.54) is 13.0 Å². The molecule has 2 aromatic carbocycles. The van der Waals surface area contributed by atoms with Crippen LogP contribution in [0.25, 0.3) is 11.1 Å². The molecule has 114 valence electrons. The van der Waals surface area contributed by atoms with Crippen LogP contribution in [-0.4, -0.2) is 18.9 Å². The zero-order valence-corrected chi connectivity index (χ0v) is 12.5. The second kappa shape index (κ2) is 5.11. The lowest BCUT2D eigenvalue weighted by molar-refractivity contribution is -0.114. The quantitative estimate of drug-likeness (QED) is 0.723. The maximum Gasteiger partial charge on any atom is 0.446 e. The van der Waals surface area contributed by atoms with Crippen molar-refractivity contribution in [2.45, 2.75) is 13.3 Å². The van der Waals surface area contributed by atoms with Crippen LogP contribution in [0.2, 0.25) is 0 Å². The van der Waals surface area contributed by atoms with Gasteiger partial charge in [-0.05, 0) is 40.8 Å². The number of hydrogen-bond donors (Lipinski definition) is 2. The Morgan fingerprint density at radius 3 is 2.59 bits per heavy atom. The van der Waals surface area contributed by atoms with Gasteiger partial charge in [0, 0.05) is 6.92 Å². The van der Waals surface area contributed by atoms with Crippen LogP contribution in [0.4, 0.5) is 5.69 Å². The topological polar surface area (TPSA) is 92.7 Å². The minimum Gasteiger partial charge on any atom is -0.360 e. The van der Waals surface area contributed by atoms with Crippen molar-refractivity contribution in [1.29, 1.82) is 0 Å². The Labute approximate surface area is 127 Å². The number of carbonyl (C=O) groups is 1. The Hall–Kier alpha value is -2.38. The third-order valence-corrected chi connectivity index (χ3v) is 3.79. The van der Waals surface area contributed by atoms with Crippen molar-refractivity contribution in [3.8, 4) is 16.9 Å². The molecule has 0 aromatic heterocycles. The molecule has 2 N–H and O–H groups in total. The van der Waals surface area contributed by atoms with Crippen LogP contribution in [0.3, 0.4) is 0 Å². The summed E-state index contributed by atoms with van der Waals surface area (Å²) in [5.41, 5.74) is 4.06. The fraction of sp³-hybridized carbons (Fsp3) is 0.133. The zero-order chi connectivity index (χ0) is 15.9. The van der Waals surface area contributed by atoms with Crippen molar-refractivity contribution in [3.63, 3.8) is 0 Å².